The summed E-state index contributed by atoms with van der Waals surface area (Å²) in [5.74, 6) is -0.282. The zero-order valence-corrected chi connectivity index (χ0v) is 12.7. The van der Waals surface area contributed by atoms with Gasteiger partial charge in [0, 0.05) is 24.8 Å². The van der Waals surface area contributed by atoms with Crippen molar-refractivity contribution in [2.45, 2.75) is 25.8 Å². The molecule has 114 valence electrons. The normalized spacial score (nSPS) is 16.7. The minimum Gasteiger partial charge on any atom is -0.371 e. The molecular weight excluding hydrogens is 270 g/mol. The molecule has 1 heterocycles. The molecule has 0 atom stereocenters. The van der Waals surface area contributed by atoms with Crippen LogP contribution in [0.15, 0.2) is 18.2 Å². The van der Waals surface area contributed by atoms with Gasteiger partial charge in [0.25, 0.3) is 5.69 Å². The highest BCUT2D eigenvalue weighted by Crippen LogP contribution is 2.28. The van der Waals surface area contributed by atoms with E-state index in [0.717, 1.165) is 31.6 Å². The number of Topliss-reactive ketones (excluding diaryl/α,β-unsaturated/α-hetero) is 1. The average Bonchev–Trinajstić information content (AvgIpc) is 2.46. The molecule has 0 amide bonds. The van der Waals surface area contributed by atoms with Crippen molar-refractivity contribution in [1.82, 2.24) is 4.90 Å². The van der Waals surface area contributed by atoms with Crippen molar-refractivity contribution in [3.05, 3.63) is 33.9 Å². The monoisotopic (exact) mass is 291 g/mol. The standard InChI is InChI=1S/C15H21N3O3/c1-11(19)14-5-4-13(10-15(14)18(20)21)17(3)12-6-8-16(2)9-7-12/h4-5,10,12H,6-9H2,1-3H3. The summed E-state index contributed by atoms with van der Waals surface area (Å²) in [7, 11) is 4.06. The van der Waals surface area contributed by atoms with Gasteiger partial charge in [-0.15, -0.1) is 0 Å². The lowest BCUT2D eigenvalue weighted by Gasteiger charge is -2.36. The summed E-state index contributed by atoms with van der Waals surface area (Å²) in [5.41, 5.74) is 0.849. The number of ketones is 1. The number of hydrogen-bond acceptors (Lipinski definition) is 5. The van der Waals surface area contributed by atoms with Gasteiger partial charge in [0.2, 0.25) is 0 Å². The van der Waals surface area contributed by atoms with Gasteiger partial charge in [0.15, 0.2) is 5.78 Å². The quantitative estimate of drug-likeness (QED) is 0.484. The van der Waals surface area contributed by atoms with E-state index in [4.69, 9.17) is 0 Å². The van der Waals surface area contributed by atoms with E-state index in [-0.39, 0.29) is 17.0 Å². The van der Waals surface area contributed by atoms with E-state index in [1.54, 1.807) is 12.1 Å². The third-order valence-electron chi connectivity index (χ3n) is 4.20. The zero-order chi connectivity index (χ0) is 15.6. The molecule has 0 aliphatic carbocycles. The van der Waals surface area contributed by atoms with Gasteiger partial charge in [-0.2, -0.15) is 0 Å². The number of benzene rings is 1. The van der Waals surface area contributed by atoms with Crippen LogP contribution in [0.3, 0.4) is 0 Å². The van der Waals surface area contributed by atoms with Crippen LogP contribution in [0.2, 0.25) is 0 Å². The Kier molecular flexibility index (Phi) is 4.57. The van der Waals surface area contributed by atoms with Crippen molar-refractivity contribution >= 4 is 17.2 Å². The Balaban J connectivity index is 2.25. The molecule has 21 heavy (non-hydrogen) atoms. The first-order valence-electron chi connectivity index (χ1n) is 7.11. The molecule has 2 rings (SSSR count). The summed E-state index contributed by atoms with van der Waals surface area (Å²) < 4.78 is 0. The maximum Gasteiger partial charge on any atom is 0.282 e. The van der Waals surface area contributed by atoms with Crippen LogP contribution >= 0.6 is 0 Å². The fraction of sp³-hybridized carbons (Fsp3) is 0.533. The number of piperidine rings is 1. The molecule has 1 aliphatic rings. The molecule has 6 nitrogen and oxygen atoms in total. The second-order valence-electron chi connectivity index (χ2n) is 5.66. The topological polar surface area (TPSA) is 66.7 Å². The maximum absolute atomic E-state index is 11.5. The molecule has 0 unspecified atom stereocenters. The van der Waals surface area contributed by atoms with Gasteiger partial charge in [0.1, 0.15) is 0 Å². The predicted octanol–water partition coefficient (Wildman–Crippen LogP) is 2.33. The first-order valence-corrected chi connectivity index (χ1v) is 7.11. The van der Waals surface area contributed by atoms with Crippen molar-refractivity contribution in [3.63, 3.8) is 0 Å². The highest BCUT2D eigenvalue weighted by atomic mass is 16.6. The largest absolute Gasteiger partial charge is 0.371 e. The van der Waals surface area contributed by atoms with Crippen LogP contribution in [0.5, 0.6) is 0 Å². The molecule has 0 bridgehead atoms. The molecule has 1 aromatic rings. The summed E-state index contributed by atoms with van der Waals surface area (Å²) in [6.07, 6.45) is 2.07. The van der Waals surface area contributed by atoms with Crippen LogP contribution in [0.25, 0.3) is 0 Å². The molecule has 0 spiro atoms. The molecule has 0 N–H and O–H groups in total. The van der Waals surface area contributed by atoms with E-state index in [0.29, 0.717) is 6.04 Å². The molecule has 0 aromatic heterocycles. The van der Waals surface area contributed by atoms with Gasteiger partial charge in [-0.1, -0.05) is 0 Å². The fourth-order valence-electron chi connectivity index (χ4n) is 2.78. The number of nitro groups is 1. The number of likely N-dealkylation sites (tertiary alicyclic amines) is 1. The van der Waals surface area contributed by atoms with Crippen molar-refractivity contribution in [2.75, 3.05) is 32.1 Å². The van der Waals surface area contributed by atoms with E-state index in [1.807, 2.05) is 7.05 Å². The Labute approximate surface area is 124 Å². The summed E-state index contributed by atoms with van der Waals surface area (Å²) in [4.78, 5) is 26.5. The number of hydrogen-bond donors (Lipinski definition) is 0. The van der Waals surface area contributed by atoms with Crippen molar-refractivity contribution in [2.24, 2.45) is 0 Å². The number of carbonyl (C=O) groups is 1. The highest BCUT2D eigenvalue weighted by Gasteiger charge is 2.24. The highest BCUT2D eigenvalue weighted by molar-refractivity contribution is 5.98. The van der Waals surface area contributed by atoms with Crippen molar-refractivity contribution in [1.29, 1.82) is 0 Å². The lowest BCUT2D eigenvalue weighted by Crippen LogP contribution is -2.42. The van der Waals surface area contributed by atoms with Crippen LogP contribution in [0.1, 0.15) is 30.1 Å². The molecule has 1 aromatic carbocycles. The summed E-state index contributed by atoms with van der Waals surface area (Å²) in [6.45, 7) is 3.41. The molecule has 6 heteroatoms. The van der Waals surface area contributed by atoms with Crippen LogP contribution in [0, 0.1) is 10.1 Å². The van der Waals surface area contributed by atoms with Crippen LogP contribution < -0.4 is 4.90 Å². The van der Waals surface area contributed by atoms with Gasteiger partial charge in [0.05, 0.1) is 10.5 Å². The number of nitro benzene ring substituents is 1. The lowest BCUT2D eigenvalue weighted by atomic mass is 10.0. The van der Waals surface area contributed by atoms with Crippen LogP contribution in [0.4, 0.5) is 11.4 Å². The number of rotatable bonds is 4. The number of nitrogens with zero attached hydrogens (tertiary/aromatic N) is 3. The van der Waals surface area contributed by atoms with Crippen LogP contribution in [-0.2, 0) is 0 Å². The van der Waals surface area contributed by atoms with E-state index in [2.05, 4.69) is 16.8 Å². The Morgan fingerprint density at radius 3 is 2.52 bits per heavy atom. The molecule has 1 aliphatic heterocycles. The predicted molar refractivity (Wildman–Crippen MR) is 82.0 cm³/mol. The van der Waals surface area contributed by atoms with Crippen molar-refractivity contribution < 1.29 is 9.72 Å². The van der Waals surface area contributed by atoms with E-state index >= 15 is 0 Å². The lowest BCUT2D eigenvalue weighted by molar-refractivity contribution is -0.385. The van der Waals surface area contributed by atoms with E-state index < -0.39 is 4.92 Å². The Hall–Kier alpha value is -1.95. The maximum atomic E-state index is 11.5. The average molecular weight is 291 g/mol. The van der Waals surface area contributed by atoms with Gasteiger partial charge in [-0.3, -0.25) is 14.9 Å². The fourth-order valence-corrected chi connectivity index (χ4v) is 2.78. The molecule has 1 fully saturated rings. The summed E-state index contributed by atoms with van der Waals surface area (Å²) in [5, 5.41) is 11.1. The van der Waals surface area contributed by atoms with E-state index in [1.165, 1.54) is 13.0 Å². The van der Waals surface area contributed by atoms with Crippen molar-refractivity contribution in [3.8, 4) is 0 Å². The molecule has 0 radical (unpaired) electrons. The number of anilines is 1. The van der Waals surface area contributed by atoms with Crippen LogP contribution in [-0.4, -0.2) is 48.8 Å². The SMILES string of the molecule is CC(=O)c1ccc(N(C)C2CCN(C)CC2)cc1[N+](=O)[O-]. The Bertz CT molecular complexity index is 551. The molecule has 0 saturated carbocycles. The van der Waals surface area contributed by atoms with Gasteiger partial charge < -0.3 is 9.80 Å². The zero-order valence-electron chi connectivity index (χ0n) is 12.7. The molecular formula is C15H21N3O3. The summed E-state index contributed by atoms with van der Waals surface area (Å²) in [6, 6.07) is 5.24. The first-order chi connectivity index (χ1) is 9.90. The first kappa shape index (κ1) is 15.4. The minimum absolute atomic E-state index is 0.111. The third-order valence-corrected chi connectivity index (χ3v) is 4.20. The van der Waals surface area contributed by atoms with E-state index in [9.17, 15) is 14.9 Å². The number of carbonyl (C=O) groups excluding carboxylic acids is 1. The second kappa shape index (κ2) is 6.22. The van der Waals surface area contributed by atoms with Gasteiger partial charge >= 0.3 is 0 Å². The second-order valence-corrected chi connectivity index (χ2v) is 5.66. The smallest absolute Gasteiger partial charge is 0.282 e. The third kappa shape index (κ3) is 3.39. The van der Waals surface area contributed by atoms with Gasteiger partial charge in [-0.05, 0) is 52.0 Å². The Morgan fingerprint density at radius 2 is 2.00 bits per heavy atom. The molecule has 1 saturated heterocycles. The van der Waals surface area contributed by atoms with Gasteiger partial charge in [-0.25, -0.2) is 0 Å². The minimum atomic E-state index is -0.483. The Morgan fingerprint density at radius 1 is 1.38 bits per heavy atom. The summed E-state index contributed by atoms with van der Waals surface area (Å²) >= 11 is 0.